The molecular weight excluding hydrogens is 230 g/mol. The molecule has 2 rings (SSSR count). The van der Waals surface area contributed by atoms with E-state index in [0.717, 1.165) is 23.0 Å². The molecule has 1 aromatic carbocycles. The molecule has 0 saturated heterocycles. The average Bonchev–Trinajstić information content (AvgIpc) is 2.28. The Morgan fingerprint density at radius 1 is 1.46 bits per heavy atom. The van der Waals surface area contributed by atoms with Crippen LogP contribution in [0.25, 0.3) is 0 Å². The molecule has 0 bridgehead atoms. The molecule has 0 amide bonds. The zero-order valence-electron chi connectivity index (χ0n) is 7.26. The zero-order chi connectivity index (χ0) is 9.26. The summed E-state index contributed by atoms with van der Waals surface area (Å²) in [7, 11) is 0. The second kappa shape index (κ2) is 3.78. The minimum atomic E-state index is -0.356. The minimum absolute atomic E-state index is 0.356. The third kappa shape index (κ3) is 1.93. The van der Waals surface area contributed by atoms with E-state index in [9.17, 15) is 5.11 Å². The summed E-state index contributed by atoms with van der Waals surface area (Å²) in [6, 6.07) is 6.07. The van der Waals surface area contributed by atoms with E-state index < -0.39 is 0 Å². The van der Waals surface area contributed by atoms with Gasteiger partial charge in [0, 0.05) is 11.0 Å². The number of β-amino-alcohol motifs (C(OH)–C–C–N with tert-alkyl or cyclic N) is 1. The summed E-state index contributed by atoms with van der Waals surface area (Å²) >= 11 is 3.43. The standard InChI is InChI=1S/C10H12BrNO/c11-8-1-2-9-7(5-8)3-4-12-6-10(9)13/h1-2,5,10,12-13H,3-4,6H2. The van der Waals surface area contributed by atoms with Crippen LogP contribution < -0.4 is 5.32 Å². The number of fused-ring (bicyclic) bond motifs is 1. The van der Waals surface area contributed by atoms with Crippen LogP contribution >= 0.6 is 15.9 Å². The van der Waals surface area contributed by atoms with Crippen LogP contribution in [-0.2, 0) is 6.42 Å². The molecule has 70 valence electrons. The maximum absolute atomic E-state index is 9.75. The molecule has 0 spiro atoms. The van der Waals surface area contributed by atoms with E-state index in [1.165, 1.54) is 5.56 Å². The smallest absolute Gasteiger partial charge is 0.0917 e. The van der Waals surface area contributed by atoms with Crippen molar-refractivity contribution < 1.29 is 5.11 Å². The molecule has 0 aromatic heterocycles. The van der Waals surface area contributed by atoms with Crippen molar-refractivity contribution in [2.45, 2.75) is 12.5 Å². The van der Waals surface area contributed by atoms with Crippen LogP contribution in [0.1, 0.15) is 17.2 Å². The van der Waals surface area contributed by atoms with Crippen LogP contribution in [0.15, 0.2) is 22.7 Å². The fourth-order valence-electron chi connectivity index (χ4n) is 1.69. The van der Waals surface area contributed by atoms with E-state index in [4.69, 9.17) is 0 Å². The largest absolute Gasteiger partial charge is 0.387 e. The van der Waals surface area contributed by atoms with Gasteiger partial charge >= 0.3 is 0 Å². The van der Waals surface area contributed by atoms with Gasteiger partial charge in [0.1, 0.15) is 0 Å². The summed E-state index contributed by atoms with van der Waals surface area (Å²) in [5, 5.41) is 13.0. The van der Waals surface area contributed by atoms with Gasteiger partial charge in [0.15, 0.2) is 0 Å². The lowest BCUT2D eigenvalue weighted by molar-refractivity contribution is 0.178. The number of benzene rings is 1. The first-order chi connectivity index (χ1) is 6.27. The van der Waals surface area contributed by atoms with Gasteiger partial charge in [-0.05, 0) is 36.2 Å². The Bertz CT molecular complexity index is 314. The van der Waals surface area contributed by atoms with E-state index in [0.29, 0.717) is 6.54 Å². The van der Waals surface area contributed by atoms with Gasteiger partial charge < -0.3 is 10.4 Å². The number of nitrogens with one attached hydrogen (secondary N) is 1. The number of halogens is 1. The third-order valence-corrected chi connectivity index (χ3v) is 2.87. The molecule has 1 aliphatic rings. The van der Waals surface area contributed by atoms with Gasteiger partial charge in [-0.15, -0.1) is 0 Å². The topological polar surface area (TPSA) is 32.3 Å². The van der Waals surface area contributed by atoms with E-state index in [-0.39, 0.29) is 6.10 Å². The SMILES string of the molecule is OC1CNCCc2cc(Br)ccc21. The normalized spacial score (nSPS) is 22.2. The van der Waals surface area contributed by atoms with Crippen molar-refractivity contribution in [3.63, 3.8) is 0 Å². The number of aliphatic hydroxyl groups is 1. The van der Waals surface area contributed by atoms with Gasteiger partial charge in [0.05, 0.1) is 6.10 Å². The highest BCUT2D eigenvalue weighted by Gasteiger charge is 2.15. The fourth-order valence-corrected chi connectivity index (χ4v) is 2.10. The first-order valence-corrected chi connectivity index (χ1v) is 5.24. The second-order valence-corrected chi connectivity index (χ2v) is 4.23. The maximum Gasteiger partial charge on any atom is 0.0917 e. The van der Waals surface area contributed by atoms with E-state index in [1.807, 2.05) is 12.1 Å². The Labute approximate surface area is 86.1 Å². The first kappa shape index (κ1) is 9.19. The molecule has 2 N–H and O–H groups in total. The molecule has 1 unspecified atom stereocenters. The molecular formula is C10H12BrNO. The molecule has 1 heterocycles. The monoisotopic (exact) mass is 241 g/mol. The number of aliphatic hydroxyl groups excluding tert-OH is 1. The Morgan fingerprint density at radius 3 is 3.15 bits per heavy atom. The predicted molar refractivity (Wildman–Crippen MR) is 55.7 cm³/mol. The molecule has 1 aromatic rings. The van der Waals surface area contributed by atoms with Crippen LogP contribution in [0.4, 0.5) is 0 Å². The van der Waals surface area contributed by atoms with Crippen molar-refractivity contribution in [2.24, 2.45) is 0 Å². The molecule has 3 heteroatoms. The Balaban J connectivity index is 2.42. The highest BCUT2D eigenvalue weighted by molar-refractivity contribution is 9.10. The Kier molecular flexibility index (Phi) is 2.67. The van der Waals surface area contributed by atoms with E-state index >= 15 is 0 Å². The molecule has 1 aliphatic heterocycles. The quantitative estimate of drug-likeness (QED) is 0.724. The van der Waals surface area contributed by atoms with Crippen LogP contribution in [0.2, 0.25) is 0 Å². The van der Waals surface area contributed by atoms with Gasteiger partial charge in [0.2, 0.25) is 0 Å². The summed E-state index contributed by atoms with van der Waals surface area (Å²) in [4.78, 5) is 0. The van der Waals surface area contributed by atoms with Crippen molar-refractivity contribution in [1.29, 1.82) is 0 Å². The van der Waals surface area contributed by atoms with Crippen molar-refractivity contribution in [2.75, 3.05) is 13.1 Å². The molecule has 0 aliphatic carbocycles. The summed E-state index contributed by atoms with van der Waals surface area (Å²) < 4.78 is 1.08. The van der Waals surface area contributed by atoms with Crippen molar-refractivity contribution in [1.82, 2.24) is 5.32 Å². The van der Waals surface area contributed by atoms with Crippen molar-refractivity contribution in [3.8, 4) is 0 Å². The molecule has 0 fully saturated rings. The molecule has 0 saturated carbocycles. The summed E-state index contributed by atoms with van der Waals surface area (Å²) in [5.41, 5.74) is 2.31. The summed E-state index contributed by atoms with van der Waals surface area (Å²) in [5.74, 6) is 0. The fraction of sp³-hybridized carbons (Fsp3) is 0.400. The van der Waals surface area contributed by atoms with Crippen molar-refractivity contribution in [3.05, 3.63) is 33.8 Å². The first-order valence-electron chi connectivity index (χ1n) is 4.44. The van der Waals surface area contributed by atoms with Gasteiger partial charge in [-0.1, -0.05) is 22.0 Å². The van der Waals surface area contributed by atoms with Gasteiger partial charge in [-0.25, -0.2) is 0 Å². The van der Waals surface area contributed by atoms with Gasteiger partial charge in [0.25, 0.3) is 0 Å². The summed E-state index contributed by atoms with van der Waals surface area (Å²) in [6.45, 7) is 1.61. The van der Waals surface area contributed by atoms with Crippen LogP contribution in [0, 0.1) is 0 Å². The third-order valence-electron chi connectivity index (χ3n) is 2.37. The van der Waals surface area contributed by atoms with Crippen molar-refractivity contribution >= 4 is 15.9 Å². The van der Waals surface area contributed by atoms with E-state index in [2.05, 4.69) is 27.3 Å². The second-order valence-electron chi connectivity index (χ2n) is 3.31. The number of hydrogen-bond donors (Lipinski definition) is 2. The lowest BCUT2D eigenvalue weighted by atomic mass is 10.0. The van der Waals surface area contributed by atoms with Crippen LogP contribution in [0.3, 0.4) is 0 Å². The lowest BCUT2D eigenvalue weighted by Crippen LogP contribution is -2.19. The summed E-state index contributed by atoms with van der Waals surface area (Å²) in [6.07, 6.45) is 0.636. The highest BCUT2D eigenvalue weighted by atomic mass is 79.9. The van der Waals surface area contributed by atoms with Gasteiger partial charge in [-0.2, -0.15) is 0 Å². The van der Waals surface area contributed by atoms with E-state index in [1.54, 1.807) is 0 Å². The highest BCUT2D eigenvalue weighted by Crippen LogP contribution is 2.23. The molecule has 2 nitrogen and oxygen atoms in total. The number of rotatable bonds is 0. The molecule has 0 radical (unpaired) electrons. The van der Waals surface area contributed by atoms with Crippen LogP contribution in [-0.4, -0.2) is 18.2 Å². The lowest BCUT2D eigenvalue weighted by Gasteiger charge is -2.10. The Hall–Kier alpha value is -0.380. The minimum Gasteiger partial charge on any atom is -0.387 e. The maximum atomic E-state index is 9.75. The predicted octanol–water partition coefficient (Wildman–Crippen LogP) is 1.63. The average molecular weight is 242 g/mol. The molecule has 1 atom stereocenters. The zero-order valence-corrected chi connectivity index (χ0v) is 8.84. The van der Waals surface area contributed by atoms with Crippen LogP contribution in [0.5, 0.6) is 0 Å². The number of hydrogen-bond acceptors (Lipinski definition) is 2. The Morgan fingerprint density at radius 2 is 2.31 bits per heavy atom. The van der Waals surface area contributed by atoms with Gasteiger partial charge in [-0.3, -0.25) is 0 Å². The molecule has 13 heavy (non-hydrogen) atoms.